The molecule has 0 bridgehead atoms. The highest BCUT2D eigenvalue weighted by atomic mass is 79.9. The molecule has 0 radical (unpaired) electrons. The predicted molar refractivity (Wildman–Crippen MR) is 78.8 cm³/mol. The molecule has 0 unspecified atom stereocenters. The van der Waals surface area contributed by atoms with Gasteiger partial charge in [-0.25, -0.2) is 8.78 Å². The third-order valence-electron chi connectivity index (χ3n) is 3.93. The first-order valence-electron chi connectivity index (χ1n) is 6.50. The maximum atomic E-state index is 13.9. The van der Waals surface area contributed by atoms with Gasteiger partial charge in [-0.15, -0.1) is 0 Å². The summed E-state index contributed by atoms with van der Waals surface area (Å²) in [4.78, 5) is 0. The highest BCUT2D eigenvalue weighted by Crippen LogP contribution is 2.34. The molecule has 2 aromatic carbocycles. The summed E-state index contributed by atoms with van der Waals surface area (Å²) in [5, 5.41) is 3.26. The number of halogens is 3. The molecule has 1 aliphatic heterocycles. The molecule has 0 atom stereocenters. The van der Waals surface area contributed by atoms with Crippen LogP contribution in [0.3, 0.4) is 0 Å². The molecule has 0 saturated carbocycles. The van der Waals surface area contributed by atoms with E-state index in [2.05, 4.69) is 33.4 Å². The minimum Gasteiger partial charge on any atom is -0.315 e. The summed E-state index contributed by atoms with van der Waals surface area (Å²) in [6, 6.07) is 11.9. The van der Waals surface area contributed by atoms with Gasteiger partial charge in [-0.1, -0.05) is 34.1 Å². The summed E-state index contributed by atoms with van der Waals surface area (Å²) >= 11 is 3.42. The maximum absolute atomic E-state index is 13.9. The molecular weight excluding hydrogens is 324 g/mol. The highest BCUT2D eigenvalue weighted by molar-refractivity contribution is 9.10. The van der Waals surface area contributed by atoms with Gasteiger partial charge in [0.25, 0.3) is 0 Å². The first-order chi connectivity index (χ1) is 9.59. The molecule has 1 saturated heterocycles. The molecular formula is C16H14BrF2N. The van der Waals surface area contributed by atoms with E-state index in [4.69, 9.17) is 0 Å². The first kappa shape index (κ1) is 13.7. The van der Waals surface area contributed by atoms with Crippen molar-refractivity contribution in [3.8, 4) is 0 Å². The molecule has 1 N–H and O–H groups in total. The second-order valence-electron chi connectivity index (χ2n) is 5.30. The lowest BCUT2D eigenvalue weighted by atomic mass is 9.71. The van der Waals surface area contributed by atoms with Gasteiger partial charge in [-0.05, 0) is 35.7 Å². The average Bonchev–Trinajstić information content (AvgIpc) is 2.37. The van der Waals surface area contributed by atoms with Crippen molar-refractivity contribution in [3.63, 3.8) is 0 Å². The Balaban J connectivity index is 1.91. The van der Waals surface area contributed by atoms with Gasteiger partial charge in [-0.3, -0.25) is 0 Å². The first-order valence-corrected chi connectivity index (χ1v) is 7.29. The van der Waals surface area contributed by atoms with Crippen molar-refractivity contribution >= 4 is 15.9 Å². The Morgan fingerprint density at radius 2 is 1.75 bits per heavy atom. The van der Waals surface area contributed by atoms with Gasteiger partial charge in [-0.2, -0.15) is 0 Å². The summed E-state index contributed by atoms with van der Waals surface area (Å²) < 4.78 is 27.9. The smallest absolute Gasteiger partial charge is 0.129 e. The molecule has 0 aliphatic carbocycles. The summed E-state index contributed by atoms with van der Waals surface area (Å²) in [7, 11) is 0. The Morgan fingerprint density at radius 1 is 1.05 bits per heavy atom. The van der Waals surface area contributed by atoms with E-state index < -0.39 is 11.6 Å². The van der Waals surface area contributed by atoms with Gasteiger partial charge in [0.2, 0.25) is 0 Å². The summed E-state index contributed by atoms with van der Waals surface area (Å²) in [5.74, 6) is -0.996. The Morgan fingerprint density at radius 3 is 2.30 bits per heavy atom. The second kappa shape index (κ2) is 5.26. The maximum Gasteiger partial charge on any atom is 0.129 e. The van der Waals surface area contributed by atoms with Crippen LogP contribution in [-0.4, -0.2) is 13.1 Å². The Kier molecular flexibility index (Phi) is 3.61. The number of hydrogen-bond donors (Lipinski definition) is 1. The van der Waals surface area contributed by atoms with E-state index in [1.807, 2.05) is 12.1 Å². The summed E-state index contributed by atoms with van der Waals surface area (Å²) in [5.41, 5.74) is 1.65. The molecule has 4 heteroatoms. The van der Waals surface area contributed by atoms with Crippen LogP contribution in [0.5, 0.6) is 0 Å². The zero-order chi connectivity index (χ0) is 14.2. The largest absolute Gasteiger partial charge is 0.315 e. The fourth-order valence-corrected chi connectivity index (χ4v) is 2.96. The van der Waals surface area contributed by atoms with Gasteiger partial charge >= 0.3 is 0 Å². The zero-order valence-electron chi connectivity index (χ0n) is 10.8. The van der Waals surface area contributed by atoms with Crippen molar-refractivity contribution in [1.29, 1.82) is 0 Å². The molecule has 3 rings (SSSR count). The van der Waals surface area contributed by atoms with E-state index in [0.717, 1.165) is 23.6 Å². The quantitative estimate of drug-likeness (QED) is 0.897. The van der Waals surface area contributed by atoms with Crippen LogP contribution in [0.4, 0.5) is 8.78 Å². The Labute approximate surface area is 125 Å². The lowest BCUT2D eigenvalue weighted by Crippen LogP contribution is -2.58. The fraction of sp³-hybridized carbons (Fsp3) is 0.250. The lowest BCUT2D eigenvalue weighted by Gasteiger charge is -2.43. The Hall–Kier alpha value is -1.26. The topological polar surface area (TPSA) is 12.0 Å². The molecule has 0 aromatic heterocycles. The second-order valence-corrected chi connectivity index (χ2v) is 6.22. The molecule has 1 nitrogen and oxygen atoms in total. The van der Waals surface area contributed by atoms with Crippen molar-refractivity contribution < 1.29 is 8.78 Å². The number of rotatable bonds is 3. The van der Waals surface area contributed by atoms with Crippen molar-refractivity contribution in [1.82, 2.24) is 5.32 Å². The van der Waals surface area contributed by atoms with E-state index >= 15 is 0 Å². The molecule has 0 spiro atoms. The monoisotopic (exact) mass is 337 g/mol. The highest BCUT2D eigenvalue weighted by Gasteiger charge is 2.39. The molecule has 1 fully saturated rings. The number of benzene rings is 2. The zero-order valence-corrected chi connectivity index (χ0v) is 12.4. The minimum absolute atomic E-state index is 0.0978. The number of nitrogens with one attached hydrogen (secondary N) is 1. The molecule has 2 aromatic rings. The van der Waals surface area contributed by atoms with Gasteiger partial charge in [0.15, 0.2) is 0 Å². The SMILES string of the molecule is Fc1ccc(CC2(c3ccc(Br)cc3)CNC2)c(F)c1. The van der Waals surface area contributed by atoms with Crippen molar-refractivity contribution in [2.45, 2.75) is 11.8 Å². The standard InChI is InChI=1S/C16H14BrF2N/c17-13-4-2-12(3-5-13)16(9-20-10-16)8-11-1-6-14(18)7-15(11)19/h1-7,20H,8-10H2. The van der Waals surface area contributed by atoms with Crippen molar-refractivity contribution in [3.05, 3.63) is 69.7 Å². The van der Waals surface area contributed by atoms with Gasteiger partial charge in [0.05, 0.1) is 0 Å². The van der Waals surface area contributed by atoms with E-state index in [1.165, 1.54) is 11.6 Å². The normalized spacial score (nSPS) is 16.8. The van der Waals surface area contributed by atoms with E-state index in [1.54, 1.807) is 6.07 Å². The molecule has 1 aliphatic rings. The molecule has 1 heterocycles. The number of hydrogen-bond acceptors (Lipinski definition) is 1. The van der Waals surface area contributed by atoms with Crippen molar-refractivity contribution in [2.75, 3.05) is 13.1 Å². The predicted octanol–water partition coefficient (Wildman–Crippen LogP) is 3.81. The summed E-state index contributed by atoms with van der Waals surface area (Å²) in [6.45, 7) is 1.62. The van der Waals surface area contributed by atoms with Crippen LogP contribution in [0.15, 0.2) is 46.9 Å². The molecule has 20 heavy (non-hydrogen) atoms. The van der Waals surface area contributed by atoms with Gasteiger partial charge in [0.1, 0.15) is 11.6 Å². The van der Waals surface area contributed by atoms with Crippen LogP contribution in [-0.2, 0) is 11.8 Å². The molecule has 0 amide bonds. The summed E-state index contributed by atoms with van der Waals surface area (Å²) in [6.07, 6.45) is 0.577. The van der Waals surface area contributed by atoms with Gasteiger partial charge in [0, 0.05) is 29.0 Å². The van der Waals surface area contributed by atoms with Crippen LogP contribution in [0.1, 0.15) is 11.1 Å². The van der Waals surface area contributed by atoms with Gasteiger partial charge < -0.3 is 5.32 Å². The minimum atomic E-state index is -0.532. The van der Waals surface area contributed by atoms with Crippen LogP contribution < -0.4 is 5.32 Å². The average molecular weight is 338 g/mol. The lowest BCUT2D eigenvalue weighted by molar-refractivity contribution is 0.272. The van der Waals surface area contributed by atoms with Crippen LogP contribution >= 0.6 is 15.9 Å². The van der Waals surface area contributed by atoms with E-state index in [9.17, 15) is 8.78 Å². The third kappa shape index (κ3) is 2.50. The van der Waals surface area contributed by atoms with Crippen LogP contribution in [0.25, 0.3) is 0 Å². The van der Waals surface area contributed by atoms with E-state index in [0.29, 0.717) is 12.0 Å². The van der Waals surface area contributed by atoms with Crippen molar-refractivity contribution in [2.24, 2.45) is 0 Å². The van der Waals surface area contributed by atoms with E-state index in [-0.39, 0.29) is 5.41 Å². The molecule has 104 valence electrons. The fourth-order valence-electron chi connectivity index (χ4n) is 2.69. The third-order valence-corrected chi connectivity index (χ3v) is 4.46. The van der Waals surface area contributed by atoms with Crippen LogP contribution in [0.2, 0.25) is 0 Å². The van der Waals surface area contributed by atoms with Crippen LogP contribution in [0, 0.1) is 11.6 Å². The Bertz CT molecular complexity index is 621.